The molecule has 2 amide bonds. The van der Waals surface area contributed by atoms with Crippen LogP contribution in [0.1, 0.15) is 19.8 Å². The molecular formula is C20H22Cl2N2O4. The van der Waals surface area contributed by atoms with Crippen molar-refractivity contribution in [3.05, 3.63) is 58.6 Å². The van der Waals surface area contributed by atoms with Crippen molar-refractivity contribution in [2.45, 2.75) is 31.9 Å². The summed E-state index contributed by atoms with van der Waals surface area (Å²) in [4.78, 5) is 26.4. The van der Waals surface area contributed by atoms with Gasteiger partial charge in [-0.2, -0.15) is 0 Å². The number of nitrogens with zero attached hydrogens (tertiary/aromatic N) is 1. The number of aliphatic hydroxyl groups excluding tert-OH is 1. The van der Waals surface area contributed by atoms with Crippen LogP contribution in [0.4, 0.5) is 16.2 Å². The Balaban J connectivity index is 2.41. The number of hydrogen-bond donors (Lipinski definition) is 2. The third-order valence-electron chi connectivity index (χ3n) is 4.14. The van der Waals surface area contributed by atoms with E-state index in [0.717, 1.165) is 0 Å². The molecule has 0 radical (unpaired) electrons. The Bertz CT molecular complexity index is 797. The van der Waals surface area contributed by atoms with Crippen LogP contribution < -0.4 is 10.2 Å². The maximum atomic E-state index is 13.1. The van der Waals surface area contributed by atoms with Gasteiger partial charge in [0.25, 0.3) is 0 Å². The second-order valence-electron chi connectivity index (χ2n) is 6.11. The predicted octanol–water partition coefficient (Wildman–Crippen LogP) is 4.73. The Labute approximate surface area is 174 Å². The van der Waals surface area contributed by atoms with Crippen LogP contribution in [0.5, 0.6) is 0 Å². The van der Waals surface area contributed by atoms with E-state index in [4.69, 9.17) is 23.2 Å². The molecule has 8 heteroatoms. The highest BCUT2D eigenvalue weighted by atomic mass is 35.5. The molecule has 150 valence electrons. The van der Waals surface area contributed by atoms with Gasteiger partial charge in [-0.15, -0.1) is 0 Å². The quantitative estimate of drug-likeness (QED) is 0.629. The van der Waals surface area contributed by atoms with Gasteiger partial charge in [0.1, 0.15) is 0 Å². The number of amides is 2. The highest BCUT2D eigenvalue weighted by Crippen LogP contribution is 2.26. The van der Waals surface area contributed by atoms with Crippen LogP contribution in [0.15, 0.2) is 48.5 Å². The van der Waals surface area contributed by atoms with E-state index >= 15 is 0 Å². The summed E-state index contributed by atoms with van der Waals surface area (Å²) in [6.07, 6.45) is -0.485. The molecule has 2 rings (SSSR count). The molecule has 0 aliphatic heterocycles. The molecule has 0 aromatic heterocycles. The number of urea groups is 1. The molecule has 6 nitrogen and oxygen atoms in total. The lowest BCUT2D eigenvalue weighted by molar-refractivity contribution is -0.151. The zero-order valence-corrected chi connectivity index (χ0v) is 17.1. The number of halogens is 2. The summed E-state index contributed by atoms with van der Waals surface area (Å²) in [7, 11) is 1.19. The first-order valence-corrected chi connectivity index (χ1v) is 9.50. The number of anilines is 2. The van der Waals surface area contributed by atoms with Gasteiger partial charge in [0.05, 0.1) is 13.2 Å². The summed E-state index contributed by atoms with van der Waals surface area (Å²) in [5, 5.41) is 14.3. The number of methoxy groups -OCH3 is 1. The van der Waals surface area contributed by atoms with Crippen molar-refractivity contribution in [3.8, 4) is 0 Å². The predicted molar refractivity (Wildman–Crippen MR) is 111 cm³/mol. The van der Waals surface area contributed by atoms with E-state index in [1.54, 1.807) is 48.5 Å². The zero-order valence-electron chi connectivity index (χ0n) is 15.6. The third kappa shape index (κ3) is 5.61. The molecule has 0 fully saturated rings. The van der Waals surface area contributed by atoms with Crippen LogP contribution in [0.25, 0.3) is 0 Å². The number of aliphatic hydroxyl groups is 1. The number of carbonyl (C=O) groups excluding carboxylic acids is 2. The van der Waals surface area contributed by atoms with E-state index in [-0.39, 0.29) is 0 Å². The third-order valence-corrected chi connectivity index (χ3v) is 4.65. The first kappa shape index (κ1) is 22.0. The number of carbonyl (C=O) groups is 2. The van der Waals surface area contributed by atoms with E-state index in [2.05, 4.69) is 10.1 Å². The number of benzene rings is 2. The summed E-state index contributed by atoms with van der Waals surface area (Å²) < 4.78 is 4.67. The minimum atomic E-state index is -1.50. The van der Waals surface area contributed by atoms with Gasteiger partial charge in [0.15, 0.2) is 6.10 Å². The van der Waals surface area contributed by atoms with Crippen molar-refractivity contribution in [2.75, 3.05) is 17.3 Å². The summed E-state index contributed by atoms with van der Waals surface area (Å²) in [6.45, 7) is 1.90. The van der Waals surface area contributed by atoms with Crippen molar-refractivity contribution in [1.29, 1.82) is 0 Å². The first-order valence-electron chi connectivity index (χ1n) is 8.74. The molecule has 28 heavy (non-hydrogen) atoms. The van der Waals surface area contributed by atoms with Crippen molar-refractivity contribution in [3.63, 3.8) is 0 Å². The summed E-state index contributed by atoms with van der Waals surface area (Å²) in [5.41, 5.74) is 1.01. The second kappa shape index (κ2) is 10.3. The van der Waals surface area contributed by atoms with Crippen LogP contribution >= 0.6 is 23.2 Å². The second-order valence-corrected chi connectivity index (χ2v) is 6.98. The number of ether oxygens (including phenoxy) is 1. The van der Waals surface area contributed by atoms with Crippen molar-refractivity contribution in [2.24, 2.45) is 0 Å². The highest BCUT2D eigenvalue weighted by Gasteiger charge is 2.35. The highest BCUT2D eigenvalue weighted by molar-refractivity contribution is 6.31. The molecular weight excluding hydrogens is 403 g/mol. The van der Waals surface area contributed by atoms with E-state index in [1.807, 2.05) is 6.92 Å². The molecule has 2 N–H and O–H groups in total. The van der Waals surface area contributed by atoms with E-state index in [9.17, 15) is 14.7 Å². The van der Waals surface area contributed by atoms with Crippen molar-refractivity contribution < 1.29 is 19.4 Å². The van der Waals surface area contributed by atoms with Crippen LogP contribution in [-0.4, -0.2) is 36.4 Å². The molecule has 0 spiro atoms. The minimum Gasteiger partial charge on any atom is -0.467 e. The summed E-state index contributed by atoms with van der Waals surface area (Å²) in [5.74, 6) is -0.809. The maximum Gasteiger partial charge on any atom is 0.336 e. The summed E-state index contributed by atoms with van der Waals surface area (Å²) in [6, 6.07) is 11.8. The fraction of sp³-hybridized carbons (Fsp3) is 0.300. The standard InChI is InChI=1S/C20H22Cl2N2O4/c1-3-4-17(18(25)19(26)28-2)24(16-11-7-14(22)8-12-16)20(27)23-15-9-5-13(21)6-10-15/h5-12,17-18,25H,3-4H2,1-2H3,(H,23,27). The van der Waals surface area contributed by atoms with Gasteiger partial charge in [-0.05, 0) is 55.0 Å². The number of rotatable bonds is 7. The van der Waals surface area contributed by atoms with E-state index in [0.29, 0.717) is 34.3 Å². The van der Waals surface area contributed by atoms with E-state index in [1.165, 1.54) is 12.0 Å². The van der Waals surface area contributed by atoms with Crippen molar-refractivity contribution >= 4 is 46.6 Å². The number of esters is 1. The van der Waals surface area contributed by atoms with Crippen LogP contribution in [0, 0.1) is 0 Å². The van der Waals surface area contributed by atoms with Gasteiger partial charge >= 0.3 is 12.0 Å². The topological polar surface area (TPSA) is 78.9 Å². The van der Waals surface area contributed by atoms with E-state index < -0.39 is 24.1 Å². The smallest absolute Gasteiger partial charge is 0.336 e. The van der Waals surface area contributed by atoms with Gasteiger partial charge in [-0.3, -0.25) is 4.90 Å². The Morgan fingerprint density at radius 1 is 1.07 bits per heavy atom. The van der Waals surface area contributed by atoms with Gasteiger partial charge in [0.2, 0.25) is 0 Å². The number of nitrogens with one attached hydrogen (secondary N) is 1. The lowest BCUT2D eigenvalue weighted by atomic mass is 10.0. The van der Waals surface area contributed by atoms with Crippen LogP contribution in [-0.2, 0) is 9.53 Å². The van der Waals surface area contributed by atoms with Gasteiger partial charge in [-0.25, -0.2) is 9.59 Å². The minimum absolute atomic E-state index is 0.382. The average Bonchev–Trinajstić information content (AvgIpc) is 2.69. The largest absolute Gasteiger partial charge is 0.467 e. The average molecular weight is 425 g/mol. The Kier molecular flexibility index (Phi) is 8.11. The molecule has 0 aliphatic rings. The van der Waals surface area contributed by atoms with Gasteiger partial charge in [-0.1, -0.05) is 36.5 Å². The monoisotopic (exact) mass is 424 g/mol. The molecule has 2 aromatic carbocycles. The van der Waals surface area contributed by atoms with Crippen molar-refractivity contribution in [1.82, 2.24) is 0 Å². The lowest BCUT2D eigenvalue weighted by Crippen LogP contribution is -2.52. The Morgan fingerprint density at radius 2 is 1.61 bits per heavy atom. The number of hydrogen-bond acceptors (Lipinski definition) is 4. The Morgan fingerprint density at radius 3 is 2.11 bits per heavy atom. The molecule has 2 atom stereocenters. The molecule has 0 aliphatic carbocycles. The molecule has 0 saturated heterocycles. The first-order chi connectivity index (χ1) is 13.4. The zero-order chi connectivity index (χ0) is 20.7. The molecule has 0 saturated carbocycles. The fourth-order valence-electron chi connectivity index (χ4n) is 2.78. The molecule has 0 heterocycles. The van der Waals surface area contributed by atoms with Gasteiger partial charge in [0, 0.05) is 21.4 Å². The van der Waals surface area contributed by atoms with Crippen LogP contribution in [0.2, 0.25) is 10.0 Å². The van der Waals surface area contributed by atoms with Gasteiger partial charge < -0.3 is 15.2 Å². The molecule has 0 bridgehead atoms. The SMILES string of the molecule is CCCC(C(O)C(=O)OC)N(C(=O)Nc1ccc(Cl)cc1)c1ccc(Cl)cc1. The maximum absolute atomic E-state index is 13.1. The Hall–Kier alpha value is -2.28. The fourth-order valence-corrected chi connectivity index (χ4v) is 3.03. The normalized spacial score (nSPS) is 12.8. The lowest BCUT2D eigenvalue weighted by Gasteiger charge is -2.34. The van der Waals surface area contributed by atoms with Crippen LogP contribution in [0.3, 0.4) is 0 Å². The summed E-state index contributed by atoms with van der Waals surface area (Å²) >= 11 is 11.8. The molecule has 2 unspecified atom stereocenters. The molecule has 2 aromatic rings.